The smallest absolute Gasteiger partial charge is 0.259 e. The van der Waals surface area contributed by atoms with Crippen LogP contribution in [0.1, 0.15) is 39.5 Å². The number of ether oxygens (including phenoxy) is 2. The number of nitrogens with one attached hydrogen (secondary N) is 1. The first kappa shape index (κ1) is 23.7. The third-order valence-corrected chi connectivity index (χ3v) is 7.60. The predicted molar refractivity (Wildman–Crippen MR) is 132 cm³/mol. The average Bonchev–Trinajstić information content (AvgIpc) is 3.37. The van der Waals surface area contributed by atoms with E-state index in [1.54, 1.807) is 13.2 Å². The van der Waals surface area contributed by atoms with Gasteiger partial charge in [0.1, 0.15) is 10.9 Å². The first-order valence-corrected chi connectivity index (χ1v) is 12.3. The van der Waals surface area contributed by atoms with Gasteiger partial charge in [-0.25, -0.2) is 9.97 Å². The van der Waals surface area contributed by atoms with Crippen molar-refractivity contribution in [2.75, 3.05) is 19.5 Å². The van der Waals surface area contributed by atoms with Gasteiger partial charge in [0.2, 0.25) is 5.91 Å². The van der Waals surface area contributed by atoms with Crippen LogP contribution in [0, 0.1) is 12.8 Å². The summed E-state index contributed by atoms with van der Waals surface area (Å²) in [6, 6.07) is 3.47. The number of fused-ring (bicyclic) bond motifs is 1. The highest BCUT2D eigenvalue weighted by atomic mass is 35.5. The minimum absolute atomic E-state index is 0.0271. The molecule has 0 aromatic carbocycles. The van der Waals surface area contributed by atoms with Gasteiger partial charge in [-0.1, -0.05) is 22.9 Å². The number of aryl methyl sites for hydroxylation is 1. The lowest BCUT2D eigenvalue weighted by molar-refractivity contribution is -0.144. The average molecular weight is 514 g/mol. The van der Waals surface area contributed by atoms with Crippen molar-refractivity contribution >= 4 is 39.9 Å². The van der Waals surface area contributed by atoms with Crippen LogP contribution in [0.5, 0.6) is 5.75 Å². The largest absolute Gasteiger partial charge is 0.494 e. The molecule has 35 heavy (non-hydrogen) atoms. The Hall–Kier alpha value is -3.08. The molecule has 0 atom stereocenters. The number of hydrogen-bond donors (Lipinski definition) is 1. The van der Waals surface area contributed by atoms with Gasteiger partial charge in [-0.3, -0.25) is 19.9 Å². The van der Waals surface area contributed by atoms with E-state index in [9.17, 15) is 9.59 Å². The second-order valence-electron chi connectivity index (χ2n) is 8.64. The molecule has 11 heteroatoms. The first-order chi connectivity index (χ1) is 16.9. The molecule has 0 unspecified atom stereocenters. The summed E-state index contributed by atoms with van der Waals surface area (Å²) in [6.07, 6.45) is 4.78. The number of pyridine rings is 2. The van der Waals surface area contributed by atoms with Gasteiger partial charge >= 0.3 is 0 Å². The summed E-state index contributed by atoms with van der Waals surface area (Å²) in [6.45, 7) is 2.82. The number of thiazole rings is 1. The number of rotatable bonds is 6. The molecule has 0 spiro atoms. The van der Waals surface area contributed by atoms with Crippen LogP contribution in [0.3, 0.4) is 0 Å². The number of amides is 2. The minimum Gasteiger partial charge on any atom is -0.494 e. The minimum atomic E-state index is -0.345. The normalized spacial score (nSPS) is 18.7. The summed E-state index contributed by atoms with van der Waals surface area (Å²) < 4.78 is 10.7. The Kier molecular flexibility index (Phi) is 6.43. The molecule has 2 aliphatic rings. The molecule has 3 aromatic heterocycles. The van der Waals surface area contributed by atoms with Gasteiger partial charge in [0.25, 0.3) is 5.91 Å². The van der Waals surface area contributed by atoms with Crippen molar-refractivity contribution in [3.05, 3.63) is 51.5 Å². The van der Waals surface area contributed by atoms with Crippen LogP contribution in [0.2, 0.25) is 5.15 Å². The second kappa shape index (κ2) is 9.52. The lowest BCUT2D eigenvalue weighted by atomic mass is 9.81. The Morgan fingerprint density at radius 2 is 1.94 bits per heavy atom. The van der Waals surface area contributed by atoms with E-state index in [0.29, 0.717) is 40.7 Å². The van der Waals surface area contributed by atoms with E-state index in [4.69, 9.17) is 21.1 Å². The van der Waals surface area contributed by atoms with Gasteiger partial charge in [-0.05, 0) is 31.9 Å². The molecule has 0 saturated heterocycles. The van der Waals surface area contributed by atoms with Gasteiger partial charge in [0.15, 0.2) is 5.13 Å². The van der Waals surface area contributed by atoms with Crippen molar-refractivity contribution in [3.8, 4) is 16.9 Å². The van der Waals surface area contributed by atoms with Crippen molar-refractivity contribution in [3.63, 3.8) is 0 Å². The molecule has 1 N–H and O–H groups in total. The lowest BCUT2D eigenvalue weighted by Gasteiger charge is -2.35. The van der Waals surface area contributed by atoms with Gasteiger partial charge in [0, 0.05) is 36.0 Å². The molecule has 5 rings (SSSR count). The van der Waals surface area contributed by atoms with E-state index < -0.39 is 0 Å². The Bertz CT molecular complexity index is 1280. The molecule has 0 bridgehead atoms. The van der Waals surface area contributed by atoms with Gasteiger partial charge < -0.3 is 14.4 Å². The second-order valence-corrected chi connectivity index (χ2v) is 10.1. The summed E-state index contributed by atoms with van der Waals surface area (Å²) in [5.41, 5.74) is 3.21. The molecular weight excluding hydrogens is 490 g/mol. The van der Waals surface area contributed by atoms with E-state index >= 15 is 0 Å². The maximum atomic E-state index is 13.2. The lowest BCUT2D eigenvalue weighted by Crippen LogP contribution is -2.42. The summed E-state index contributed by atoms with van der Waals surface area (Å²) >= 11 is 7.51. The van der Waals surface area contributed by atoms with Crippen molar-refractivity contribution in [1.29, 1.82) is 0 Å². The van der Waals surface area contributed by atoms with Gasteiger partial charge in [0.05, 0.1) is 48.6 Å². The van der Waals surface area contributed by atoms with E-state index in [1.807, 2.05) is 17.9 Å². The van der Waals surface area contributed by atoms with Crippen LogP contribution in [0.25, 0.3) is 11.1 Å². The molecule has 182 valence electrons. The fourth-order valence-corrected chi connectivity index (χ4v) is 5.53. The molecule has 1 aliphatic carbocycles. The molecule has 1 aliphatic heterocycles. The number of hydrogen-bond acceptors (Lipinski definition) is 8. The summed E-state index contributed by atoms with van der Waals surface area (Å²) in [5, 5.41) is 3.67. The van der Waals surface area contributed by atoms with Gasteiger partial charge in [-0.15, -0.1) is 0 Å². The van der Waals surface area contributed by atoms with Crippen molar-refractivity contribution in [2.45, 2.75) is 39.0 Å². The van der Waals surface area contributed by atoms with E-state index in [1.165, 1.54) is 30.8 Å². The van der Waals surface area contributed by atoms with Crippen LogP contribution in [-0.2, 0) is 22.6 Å². The number of carbonyl (C=O) groups is 2. The zero-order chi connectivity index (χ0) is 24.7. The molecular formula is C24H24ClN5O4S. The third-order valence-electron chi connectivity index (χ3n) is 6.39. The number of methoxy groups -OCH3 is 2. The number of halogens is 1. The first-order valence-electron chi connectivity index (χ1n) is 11.1. The maximum absolute atomic E-state index is 13.2. The molecule has 3 aromatic rings. The Morgan fingerprint density at radius 1 is 1.14 bits per heavy atom. The quantitative estimate of drug-likeness (QED) is 0.495. The van der Waals surface area contributed by atoms with Gasteiger partial charge in [-0.2, -0.15) is 0 Å². The van der Waals surface area contributed by atoms with Crippen molar-refractivity contribution in [1.82, 2.24) is 19.9 Å². The Labute approximate surface area is 211 Å². The van der Waals surface area contributed by atoms with Crippen LogP contribution in [-0.4, -0.2) is 52.0 Å². The summed E-state index contributed by atoms with van der Waals surface area (Å²) in [7, 11) is 3.21. The topological polar surface area (TPSA) is 107 Å². The summed E-state index contributed by atoms with van der Waals surface area (Å²) in [4.78, 5) is 41.7. The number of nitrogens with zero attached hydrogens (tertiary/aromatic N) is 4. The molecule has 0 radical (unpaired) electrons. The number of aromatic nitrogens is 3. The Balaban J connectivity index is 1.32. The van der Waals surface area contributed by atoms with Crippen LogP contribution in [0.15, 0.2) is 24.5 Å². The molecule has 4 heterocycles. The van der Waals surface area contributed by atoms with Crippen molar-refractivity contribution < 1.29 is 19.1 Å². The van der Waals surface area contributed by atoms with Crippen LogP contribution in [0.4, 0.5) is 5.13 Å². The highest BCUT2D eigenvalue weighted by molar-refractivity contribution is 7.16. The molecule has 1 fully saturated rings. The Morgan fingerprint density at radius 3 is 2.66 bits per heavy atom. The molecule has 1 saturated carbocycles. The zero-order valence-corrected chi connectivity index (χ0v) is 21.1. The molecule has 2 amide bonds. The van der Waals surface area contributed by atoms with E-state index in [2.05, 4.69) is 20.3 Å². The standard InChI is InChI=1S/C24H24ClN5O4S/c1-12-4-15(16-7-21(25)27-9-19(16)34-3)17(8-26-12)22(31)29-24-28-18-10-30(11-20(18)35-24)23(32)13-5-14(6-13)33-2/h4,7-9,13-14H,5-6,10-11H2,1-3H3,(H,28,29,31). The maximum Gasteiger partial charge on any atom is 0.259 e. The fourth-order valence-electron chi connectivity index (χ4n) is 4.39. The zero-order valence-electron chi connectivity index (χ0n) is 19.5. The summed E-state index contributed by atoms with van der Waals surface area (Å²) in [5.74, 6) is 0.326. The van der Waals surface area contributed by atoms with Crippen molar-refractivity contribution in [2.24, 2.45) is 5.92 Å². The molecule has 9 nitrogen and oxygen atoms in total. The monoisotopic (exact) mass is 513 g/mol. The highest BCUT2D eigenvalue weighted by Crippen LogP contribution is 2.37. The van der Waals surface area contributed by atoms with Crippen LogP contribution < -0.4 is 10.1 Å². The number of carbonyl (C=O) groups excluding carboxylic acids is 2. The van der Waals surface area contributed by atoms with Crippen LogP contribution >= 0.6 is 22.9 Å². The highest BCUT2D eigenvalue weighted by Gasteiger charge is 2.39. The number of anilines is 1. The van der Waals surface area contributed by atoms with E-state index in [-0.39, 0.29) is 29.0 Å². The predicted octanol–water partition coefficient (Wildman–Crippen LogP) is 4.09. The fraction of sp³-hybridized carbons (Fsp3) is 0.375. The third kappa shape index (κ3) is 4.61. The SMILES string of the molecule is COc1cnc(Cl)cc1-c1cc(C)ncc1C(=O)Nc1nc2c(s1)CN(C(=O)C1CC(OC)C1)C2. The van der Waals surface area contributed by atoms with E-state index in [0.717, 1.165) is 29.1 Å².